The van der Waals surface area contributed by atoms with Gasteiger partial charge in [-0.3, -0.25) is 9.78 Å². The molecule has 6 nitrogen and oxygen atoms in total. The molecule has 28 heavy (non-hydrogen) atoms. The summed E-state index contributed by atoms with van der Waals surface area (Å²) in [5.74, 6) is 0.554. The number of carbonyl (C=O) groups is 1. The Balaban J connectivity index is 1.74. The van der Waals surface area contributed by atoms with Crippen LogP contribution in [-0.2, 0) is 6.54 Å². The van der Waals surface area contributed by atoms with Crippen LogP contribution in [0.3, 0.4) is 0 Å². The van der Waals surface area contributed by atoms with Gasteiger partial charge in [-0.05, 0) is 49.7 Å². The number of nitrogens with one attached hydrogen (secondary N) is 1. The first-order chi connectivity index (χ1) is 13.6. The molecule has 1 N–H and O–H groups in total. The van der Waals surface area contributed by atoms with Crippen molar-refractivity contribution in [3.8, 4) is 11.5 Å². The molecule has 0 saturated carbocycles. The number of rotatable bonds is 5. The number of hydrogen-bond acceptors (Lipinski definition) is 3. The molecule has 0 atom stereocenters. The van der Waals surface area contributed by atoms with E-state index in [0.717, 1.165) is 17.1 Å². The van der Waals surface area contributed by atoms with Gasteiger partial charge in [0.05, 0.1) is 11.4 Å². The molecule has 0 radical (unpaired) electrons. The van der Waals surface area contributed by atoms with Crippen LogP contribution in [-0.4, -0.2) is 25.2 Å². The van der Waals surface area contributed by atoms with Gasteiger partial charge in [-0.15, -0.1) is 0 Å². The van der Waals surface area contributed by atoms with Crippen molar-refractivity contribution in [1.82, 2.24) is 24.6 Å². The first-order valence-corrected chi connectivity index (χ1v) is 9.10. The number of aryl methyl sites for hydroxylation is 2. The van der Waals surface area contributed by atoms with Crippen LogP contribution in [0.1, 0.15) is 27.2 Å². The van der Waals surface area contributed by atoms with Crippen LogP contribution in [0.2, 0.25) is 0 Å². The summed E-state index contributed by atoms with van der Waals surface area (Å²) in [6.45, 7) is 4.31. The van der Waals surface area contributed by atoms with Crippen molar-refractivity contribution in [2.24, 2.45) is 0 Å². The van der Waals surface area contributed by atoms with Crippen molar-refractivity contribution in [3.05, 3.63) is 95.7 Å². The largest absolute Gasteiger partial charge is 0.348 e. The topological polar surface area (TPSA) is 64.7 Å². The van der Waals surface area contributed by atoms with Gasteiger partial charge < -0.3 is 9.88 Å². The maximum absolute atomic E-state index is 13.1. The lowest BCUT2D eigenvalue weighted by atomic mass is 10.2. The molecule has 0 aliphatic heterocycles. The summed E-state index contributed by atoms with van der Waals surface area (Å²) >= 11 is 0. The molecular formula is C22H21N5O. The summed E-state index contributed by atoms with van der Waals surface area (Å²) in [5, 5.41) is 7.65. The SMILES string of the molecule is Cc1ccc(-n2nc(C)c(C(=O)NCc3cccnc3)c2-n2cccc2)cc1. The van der Waals surface area contributed by atoms with E-state index in [9.17, 15) is 4.79 Å². The van der Waals surface area contributed by atoms with Gasteiger partial charge in [-0.1, -0.05) is 23.8 Å². The predicted octanol–water partition coefficient (Wildman–Crippen LogP) is 3.60. The molecule has 0 unspecified atom stereocenters. The predicted molar refractivity (Wildman–Crippen MR) is 108 cm³/mol. The van der Waals surface area contributed by atoms with E-state index >= 15 is 0 Å². The lowest BCUT2D eigenvalue weighted by Crippen LogP contribution is -2.24. The van der Waals surface area contributed by atoms with Crippen molar-refractivity contribution in [2.45, 2.75) is 20.4 Å². The zero-order chi connectivity index (χ0) is 19.5. The van der Waals surface area contributed by atoms with E-state index in [1.165, 1.54) is 5.56 Å². The number of benzene rings is 1. The smallest absolute Gasteiger partial charge is 0.257 e. The van der Waals surface area contributed by atoms with E-state index in [2.05, 4.69) is 15.4 Å². The fraction of sp³-hybridized carbons (Fsp3) is 0.136. The Morgan fingerprint density at radius 2 is 1.79 bits per heavy atom. The highest BCUT2D eigenvalue weighted by Crippen LogP contribution is 2.23. The number of aromatic nitrogens is 4. The van der Waals surface area contributed by atoms with Gasteiger partial charge in [-0.2, -0.15) is 5.10 Å². The molecule has 3 aromatic heterocycles. The first-order valence-electron chi connectivity index (χ1n) is 9.10. The first kappa shape index (κ1) is 17.7. The van der Waals surface area contributed by atoms with E-state index in [4.69, 9.17) is 0 Å². The Morgan fingerprint density at radius 1 is 1.04 bits per heavy atom. The van der Waals surface area contributed by atoms with Crippen molar-refractivity contribution in [2.75, 3.05) is 0 Å². The molecular weight excluding hydrogens is 350 g/mol. The molecule has 0 spiro atoms. The van der Waals surface area contributed by atoms with Crippen LogP contribution in [0.5, 0.6) is 0 Å². The lowest BCUT2D eigenvalue weighted by Gasteiger charge is -2.11. The van der Waals surface area contributed by atoms with Crippen molar-refractivity contribution in [1.29, 1.82) is 0 Å². The standard InChI is InChI=1S/C22H21N5O/c1-16-7-9-19(10-8-16)27-22(26-12-3-4-13-26)20(17(2)25-27)21(28)24-15-18-6-5-11-23-14-18/h3-14H,15H2,1-2H3,(H,24,28). The summed E-state index contributed by atoms with van der Waals surface area (Å²) in [6.07, 6.45) is 7.29. The second-order valence-electron chi connectivity index (χ2n) is 6.67. The molecule has 0 saturated heterocycles. The Morgan fingerprint density at radius 3 is 2.46 bits per heavy atom. The Labute approximate surface area is 163 Å². The minimum atomic E-state index is -0.164. The maximum atomic E-state index is 13.1. The van der Waals surface area contributed by atoms with Crippen LogP contribution in [0.25, 0.3) is 11.5 Å². The average Bonchev–Trinajstić information content (AvgIpc) is 3.35. The highest BCUT2D eigenvalue weighted by Gasteiger charge is 2.23. The highest BCUT2D eigenvalue weighted by atomic mass is 16.1. The number of amides is 1. The zero-order valence-corrected chi connectivity index (χ0v) is 15.8. The van der Waals surface area contributed by atoms with Gasteiger partial charge in [-0.25, -0.2) is 4.68 Å². The molecule has 0 aliphatic carbocycles. The normalized spacial score (nSPS) is 10.8. The second kappa shape index (κ2) is 7.52. The number of nitrogens with zero attached hydrogens (tertiary/aromatic N) is 4. The number of pyridine rings is 1. The van der Waals surface area contributed by atoms with Crippen LogP contribution in [0.15, 0.2) is 73.3 Å². The van der Waals surface area contributed by atoms with Gasteiger partial charge in [0.1, 0.15) is 5.56 Å². The Hall–Kier alpha value is -3.67. The van der Waals surface area contributed by atoms with E-state index in [0.29, 0.717) is 17.8 Å². The van der Waals surface area contributed by atoms with Gasteiger partial charge in [0.25, 0.3) is 5.91 Å². The Bertz CT molecular complexity index is 1080. The highest BCUT2D eigenvalue weighted by molar-refractivity contribution is 5.98. The second-order valence-corrected chi connectivity index (χ2v) is 6.67. The molecule has 0 bridgehead atoms. The van der Waals surface area contributed by atoms with Crippen LogP contribution < -0.4 is 5.32 Å². The lowest BCUT2D eigenvalue weighted by molar-refractivity contribution is 0.0950. The van der Waals surface area contributed by atoms with Gasteiger partial charge >= 0.3 is 0 Å². The molecule has 4 rings (SSSR count). The quantitative estimate of drug-likeness (QED) is 0.583. The molecule has 1 aromatic carbocycles. The van der Waals surface area contributed by atoms with Gasteiger partial charge in [0, 0.05) is 31.3 Å². The molecule has 0 fully saturated rings. The molecule has 3 heterocycles. The van der Waals surface area contributed by atoms with E-state index < -0.39 is 0 Å². The summed E-state index contributed by atoms with van der Waals surface area (Å²) in [4.78, 5) is 17.1. The molecule has 4 aromatic rings. The van der Waals surface area contributed by atoms with Crippen molar-refractivity contribution in [3.63, 3.8) is 0 Å². The fourth-order valence-electron chi connectivity index (χ4n) is 3.13. The molecule has 1 amide bonds. The van der Waals surface area contributed by atoms with Crippen LogP contribution in [0, 0.1) is 13.8 Å². The summed E-state index contributed by atoms with van der Waals surface area (Å²) in [6, 6.07) is 15.7. The number of carbonyl (C=O) groups excluding carboxylic acids is 1. The summed E-state index contributed by atoms with van der Waals surface area (Å²) < 4.78 is 3.73. The minimum Gasteiger partial charge on any atom is -0.348 e. The Kier molecular flexibility index (Phi) is 4.76. The van der Waals surface area contributed by atoms with Gasteiger partial charge in [0.2, 0.25) is 0 Å². The molecule has 6 heteroatoms. The third-order valence-electron chi connectivity index (χ3n) is 4.57. The average molecular weight is 371 g/mol. The van der Waals surface area contributed by atoms with Crippen molar-refractivity contribution < 1.29 is 4.79 Å². The maximum Gasteiger partial charge on any atom is 0.257 e. The molecule has 140 valence electrons. The number of hydrogen-bond donors (Lipinski definition) is 1. The fourth-order valence-corrected chi connectivity index (χ4v) is 3.13. The third-order valence-corrected chi connectivity index (χ3v) is 4.57. The summed E-state index contributed by atoms with van der Waals surface area (Å²) in [7, 11) is 0. The van der Waals surface area contributed by atoms with Crippen molar-refractivity contribution >= 4 is 5.91 Å². The van der Waals surface area contributed by atoms with Gasteiger partial charge in [0.15, 0.2) is 5.82 Å². The van der Waals surface area contributed by atoms with E-state index in [1.807, 2.05) is 84.0 Å². The van der Waals surface area contributed by atoms with Crippen LogP contribution in [0.4, 0.5) is 0 Å². The van der Waals surface area contributed by atoms with E-state index in [-0.39, 0.29) is 5.91 Å². The summed E-state index contributed by atoms with van der Waals surface area (Å²) in [5.41, 5.74) is 4.25. The van der Waals surface area contributed by atoms with E-state index in [1.54, 1.807) is 12.4 Å². The zero-order valence-electron chi connectivity index (χ0n) is 15.8. The minimum absolute atomic E-state index is 0.164. The monoisotopic (exact) mass is 371 g/mol. The molecule has 0 aliphatic rings. The van der Waals surface area contributed by atoms with Crippen LogP contribution >= 0.6 is 0 Å². The third kappa shape index (κ3) is 3.44.